The maximum absolute atomic E-state index is 13.0. The molecule has 0 unspecified atom stereocenters. The third-order valence-corrected chi connectivity index (χ3v) is 6.35. The molecule has 0 atom stereocenters. The Morgan fingerprint density at radius 1 is 1.10 bits per heavy atom. The van der Waals surface area contributed by atoms with E-state index >= 15 is 0 Å². The van der Waals surface area contributed by atoms with Gasteiger partial charge in [-0.15, -0.1) is 5.10 Å². The summed E-state index contributed by atoms with van der Waals surface area (Å²) in [5, 5.41) is 5.12. The number of hydrogen-bond acceptors (Lipinski definition) is 6. The molecule has 7 nitrogen and oxygen atoms in total. The highest BCUT2D eigenvalue weighted by Crippen LogP contribution is 2.23. The number of rotatable bonds is 5. The predicted octanol–water partition coefficient (Wildman–Crippen LogP) is 3.13. The van der Waals surface area contributed by atoms with Gasteiger partial charge in [0.15, 0.2) is 5.78 Å². The molecule has 1 amide bonds. The van der Waals surface area contributed by atoms with Crippen LogP contribution < -0.4 is 0 Å². The number of aromatic nitrogens is 4. The first-order chi connectivity index (χ1) is 14.5. The second-order valence-corrected chi connectivity index (χ2v) is 8.41. The molecule has 0 saturated carbocycles. The highest BCUT2D eigenvalue weighted by molar-refractivity contribution is 7.98. The maximum atomic E-state index is 13.0. The SMILES string of the molecule is CSc1nc2nc(C)c(CC(=O)N3CCC(C(=O)c4ccccc4)CC3)c(C)n2n1. The summed E-state index contributed by atoms with van der Waals surface area (Å²) in [6.07, 6.45) is 3.61. The molecule has 1 aliphatic heterocycles. The second kappa shape index (κ2) is 8.55. The number of Topliss-reactive ketones (excluding diaryl/α,β-unsaturated/α-hetero) is 1. The van der Waals surface area contributed by atoms with Crippen molar-refractivity contribution in [3.05, 3.63) is 52.8 Å². The summed E-state index contributed by atoms with van der Waals surface area (Å²) >= 11 is 1.47. The van der Waals surface area contributed by atoms with Crippen molar-refractivity contribution >= 4 is 29.2 Å². The van der Waals surface area contributed by atoms with Crippen molar-refractivity contribution in [2.24, 2.45) is 5.92 Å². The zero-order valence-corrected chi connectivity index (χ0v) is 18.3. The molecule has 0 radical (unpaired) electrons. The number of aryl methyl sites for hydroxylation is 2. The monoisotopic (exact) mass is 423 g/mol. The van der Waals surface area contributed by atoms with Crippen molar-refractivity contribution in [1.82, 2.24) is 24.5 Å². The van der Waals surface area contributed by atoms with Crippen molar-refractivity contribution < 1.29 is 9.59 Å². The molecule has 0 aliphatic carbocycles. The number of piperidine rings is 1. The average Bonchev–Trinajstić information content (AvgIpc) is 3.20. The number of thioether (sulfide) groups is 1. The van der Waals surface area contributed by atoms with E-state index in [1.54, 1.807) is 4.52 Å². The lowest BCUT2D eigenvalue weighted by atomic mass is 9.88. The standard InChI is InChI=1S/C22H25N5O2S/c1-14-18(15(2)27-21(23-14)24-22(25-27)30-3)13-19(28)26-11-9-17(10-12-26)20(29)16-7-5-4-6-8-16/h4-8,17H,9-13H2,1-3H3. The van der Waals surface area contributed by atoms with Crippen LogP contribution in [-0.4, -0.2) is 55.5 Å². The molecule has 30 heavy (non-hydrogen) atoms. The van der Waals surface area contributed by atoms with E-state index in [0.29, 0.717) is 36.9 Å². The Labute approximate surface area is 179 Å². The number of hydrogen-bond donors (Lipinski definition) is 0. The van der Waals surface area contributed by atoms with Gasteiger partial charge in [-0.05, 0) is 32.9 Å². The van der Waals surface area contributed by atoms with Gasteiger partial charge in [-0.25, -0.2) is 9.50 Å². The van der Waals surface area contributed by atoms with Gasteiger partial charge in [0.05, 0.1) is 6.42 Å². The summed E-state index contributed by atoms with van der Waals surface area (Å²) in [4.78, 5) is 36.4. The summed E-state index contributed by atoms with van der Waals surface area (Å²) in [7, 11) is 0. The number of ketones is 1. The normalized spacial score (nSPS) is 15.0. The van der Waals surface area contributed by atoms with Gasteiger partial charge in [-0.3, -0.25) is 9.59 Å². The number of fused-ring (bicyclic) bond motifs is 1. The third-order valence-electron chi connectivity index (χ3n) is 5.82. The van der Waals surface area contributed by atoms with Crippen molar-refractivity contribution in [2.45, 2.75) is 38.3 Å². The molecule has 3 aromatic rings. The third kappa shape index (κ3) is 3.96. The lowest BCUT2D eigenvalue weighted by molar-refractivity contribution is -0.131. The Balaban J connectivity index is 1.43. The average molecular weight is 424 g/mol. The van der Waals surface area contributed by atoms with Crippen LogP contribution in [0.3, 0.4) is 0 Å². The minimum absolute atomic E-state index is 0.0157. The molecule has 3 heterocycles. The first-order valence-electron chi connectivity index (χ1n) is 10.1. The fourth-order valence-corrected chi connectivity index (χ4v) is 4.36. The second-order valence-electron chi connectivity index (χ2n) is 7.63. The Morgan fingerprint density at radius 3 is 2.47 bits per heavy atom. The first-order valence-corrected chi connectivity index (χ1v) is 11.3. The van der Waals surface area contributed by atoms with E-state index in [1.807, 2.05) is 55.3 Å². The minimum Gasteiger partial charge on any atom is -0.342 e. The van der Waals surface area contributed by atoms with Crippen molar-refractivity contribution in [3.63, 3.8) is 0 Å². The number of carbonyl (C=O) groups excluding carboxylic acids is 2. The Morgan fingerprint density at radius 2 is 1.80 bits per heavy atom. The van der Waals surface area contributed by atoms with Crippen LogP contribution in [0.4, 0.5) is 0 Å². The van der Waals surface area contributed by atoms with Gasteiger partial charge >= 0.3 is 0 Å². The Kier molecular flexibility index (Phi) is 5.85. The summed E-state index contributed by atoms with van der Waals surface area (Å²) in [6, 6.07) is 9.41. The van der Waals surface area contributed by atoms with Gasteiger partial charge in [-0.1, -0.05) is 42.1 Å². The lowest BCUT2D eigenvalue weighted by Gasteiger charge is -2.31. The summed E-state index contributed by atoms with van der Waals surface area (Å²) in [6.45, 7) is 5.08. The van der Waals surface area contributed by atoms with Crippen LogP contribution >= 0.6 is 11.8 Å². The van der Waals surface area contributed by atoms with E-state index in [1.165, 1.54) is 11.8 Å². The summed E-state index contributed by atoms with van der Waals surface area (Å²) < 4.78 is 1.71. The van der Waals surface area contributed by atoms with Crippen molar-refractivity contribution in [1.29, 1.82) is 0 Å². The Bertz CT molecular complexity index is 1090. The molecule has 0 N–H and O–H groups in total. The molecule has 8 heteroatoms. The van der Waals surface area contributed by atoms with Gasteiger partial charge < -0.3 is 4.90 Å². The van der Waals surface area contributed by atoms with Crippen LogP contribution in [0.15, 0.2) is 35.5 Å². The molecule has 1 fully saturated rings. The zero-order valence-electron chi connectivity index (χ0n) is 17.5. The number of likely N-dealkylation sites (tertiary alicyclic amines) is 1. The number of benzene rings is 1. The quantitative estimate of drug-likeness (QED) is 0.463. The van der Waals surface area contributed by atoms with E-state index < -0.39 is 0 Å². The van der Waals surface area contributed by atoms with Gasteiger partial charge in [0.25, 0.3) is 5.78 Å². The molecule has 4 rings (SSSR count). The topological polar surface area (TPSA) is 80.5 Å². The molecule has 2 aromatic heterocycles. The fourth-order valence-electron chi connectivity index (χ4n) is 4.02. The van der Waals surface area contributed by atoms with Crippen molar-refractivity contribution in [2.75, 3.05) is 19.3 Å². The maximum Gasteiger partial charge on any atom is 0.253 e. The van der Waals surface area contributed by atoms with E-state index in [0.717, 1.165) is 22.5 Å². The largest absolute Gasteiger partial charge is 0.342 e. The molecule has 156 valence electrons. The van der Waals surface area contributed by atoms with Gasteiger partial charge in [-0.2, -0.15) is 4.98 Å². The first kappa shape index (κ1) is 20.5. The summed E-state index contributed by atoms with van der Waals surface area (Å²) in [5.74, 6) is 0.793. The highest BCUT2D eigenvalue weighted by atomic mass is 32.2. The number of amides is 1. The van der Waals surface area contributed by atoms with Crippen LogP contribution in [0.5, 0.6) is 0 Å². The van der Waals surface area contributed by atoms with E-state index in [9.17, 15) is 9.59 Å². The molecule has 1 aromatic carbocycles. The van der Waals surface area contributed by atoms with Crippen LogP contribution in [0.25, 0.3) is 5.78 Å². The van der Waals surface area contributed by atoms with Gasteiger partial charge in [0.2, 0.25) is 11.1 Å². The van der Waals surface area contributed by atoms with E-state index in [2.05, 4.69) is 15.1 Å². The molecule has 1 saturated heterocycles. The zero-order chi connectivity index (χ0) is 21.3. The molecule has 0 bridgehead atoms. The fraction of sp³-hybridized carbons (Fsp3) is 0.409. The van der Waals surface area contributed by atoms with Crippen LogP contribution in [-0.2, 0) is 11.2 Å². The lowest BCUT2D eigenvalue weighted by Crippen LogP contribution is -2.41. The van der Waals surface area contributed by atoms with Crippen LogP contribution in [0.2, 0.25) is 0 Å². The molecular formula is C22H25N5O2S. The highest BCUT2D eigenvalue weighted by Gasteiger charge is 2.28. The minimum atomic E-state index is -0.0157. The van der Waals surface area contributed by atoms with Gasteiger partial charge in [0.1, 0.15) is 0 Å². The number of nitrogens with zero attached hydrogens (tertiary/aromatic N) is 5. The Hall–Kier alpha value is -2.74. The van der Waals surface area contributed by atoms with Crippen LogP contribution in [0.1, 0.15) is 40.2 Å². The summed E-state index contributed by atoms with van der Waals surface area (Å²) in [5.41, 5.74) is 3.35. The smallest absolute Gasteiger partial charge is 0.253 e. The molecule has 1 aliphatic rings. The number of carbonyl (C=O) groups is 2. The van der Waals surface area contributed by atoms with Crippen LogP contribution in [0, 0.1) is 19.8 Å². The van der Waals surface area contributed by atoms with Crippen molar-refractivity contribution in [3.8, 4) is 0 Å². The van der Waals surface area contributed by atoms with E-state index in [-0.39, 0.29) is 24.0 Å². The molecular weight excluding hydrogens is 398 g/mol. The van der Waals surface area contributed by atoms with Gasteiger partial charge in [0, 0.05) is 41.5 Å². The molecule has 0 spiro atoms. The van der Waals surface area contributed by atoms with E-state index in [4.69, 9.17) is 0 Å². The predicted molar refractivity (Wildman–Crippen MR) is 116 cm³/mol.